The second-order valence-electron chi connectivity index (χ2n) is 4.06. The molecule has 92 valence electrons. The van der Waals surface area contributed by atoms with E-state index in [1.165, 1.54) is 0 Å². The van der Waals surface area contributed by atoms with E-state index in [1.54, 1.807) is 12.3 Å². The maximum Gasteiger partial charge on any atom is 0.257 e. The summed E-state index contributed by atoms with van der Waals surface area (Å²) in [5.41, 5.74) is 2.78. The number of amides is 1. The topological polar surface area (TPSA) is 42.0 Å². The summed E-state index contributed by atoms with van der Waals surface area (Å²) in [7, 11) is 0. The van der Waals surface area contributed by atoms with Gasteiger partial charge in [-0.05, 0) is 59.1 Å². The SMILES string of the molecule is Cc1cccc(C(=O)Nc2ccc(Br)cn2)c1C. The highest BCUT2D eigenvalue weighted by atomic mass is 79.9. The average Bonchev–Trinajstić information content (AvgIpc) is 2.35. The van der Waals surface area contributed by atoms with E-state index in [2.05, 4.69) is 26.2 Å². The standard InChI is InChI=1S/C14H13BrN2O/c1-9-4-3-5-12(10(9)2)14(18)17-13-7-6-11(15)8-16-13/h3-8H,1-2H3,(H,16,17,18). The summed E-state index contributed by atoms with van der Waals surface area (Å²) in [5.74, 6) is 0.412. The van der Waals surface area contributed by atoms with E-state index in [0.717, 1.165) is 15.6 Å². The van der Waals surface area contributed by atoms with E-state index in [0.29, 0.717) is 11.4 Å². The van der Waals surface area contributed by atoms with Gasteiger partial charge in [0, 0.05) is 16.2 Å². The minimum Gasteiger partial charge on any atom is -0.307 e. The van der Waals surface area contributed by atoms with Gasteiger partial charge in [-0.25, -0.2) is 4.98 Å². The molecule has 0 fully saturated rings. The first-order chi connectivity index (χ1) is 8.58. The van der Waals surface area contributed by atoms with Gasteiger partial charge in [-0.3, -0.25) is 4.79 Å². The fraction of sp³-hybridized carbons (Fsp3) is 0.143. The van der Waals surface area contributed by atoms with Crippen molar-refractivity contribution in [3.05, 3.63) is 57.7 Å². The molecule has 0 radical (unpaired) electrons. The lowest BCUT2D eigenvalue weighted by atomic mass is 10.0. The van der Waals surface area contributed by atoms with Crippen LogP contribution < -0.4 is 5.32 Å². The lowest BCUT2D eigenvalue weighted by molar-refractivity contribution is 0.102. The first kappa shape index (κ1) is 12.8. The highest BCUT2D eigenvalue weighted by molar-refractivity contribution is 9.10. The van der Waals surface area contributed by atoms with E-state index in [-0.39, 0.29) is 5.91 Å². The highest BCUT2D eigenvalue weighted by Gasteiger charge is 2.10. The second kappa shape index (κ2) is 5.31. The number of anilines is 1. The summed E-state index contributed by atoms with van der Waals surface area (Å²) >= 11 is 3.30. The number of halogens is 1. The van der Waals surface area contributed by atoms with Gasteiger partial charge in [0.05, 0.1) is 0 Å². The molecular formula is C14H13BrN2O. The molecule has 0 aliphatic heterocycles. The van der Waals surface area contributed by atoms with Crippen molar-refractivity contribution in [2.45, 2.75) is 13.8 Å². The largest absolute Gasteiger partial charge is 0.307 e. The minimum absolute atomic E-state index is 0.133. The first-order valence-corrected chi connectivity index (χ1v) is 6.36. The molecule has 2 aromatic rings. The molecule has 1 aromatic carbocycles. The Morgan fingerprint density at radius 3 is 2.67 bits per heavy atom. The van der Waals surface area contributed by atoms with Crippen LogP contribution in [0.3, 0.4) is 0 Å². The van der Waals surface area contributed by atoms with Gasteiger partial charge in [-0.2, -0.15) is 0 Å². The predicted molar refractivity (Wildman–Crippen MR) is 75.8 cm³/mol. The van der Waals surface area contributed by atoms with Gasteiger partial charge in [0.2, 0.25) is 0 Å². The van der Waals surface area contributed by atoms with E-state index in [9.17, 15) is 4.79 Å². The Morgan fingerprint density at radius 2 is 2.00 bits per heavy atom. The first-order valence-electron chi connectivity index (χ1n) is 5.57. The van der Waals surface area contributed by atoms with Crippen molar-refractivity contribution in [3.8, 4) is 0 Å². The lowest BCUT2D eigenvalue weighted by Crippen LogP contribution is -2.14. The Kier molecular flexibility index (Phi) is 3.77. The van der Waals surface area contributed by atoms with Crippen molar-refractivity contribution < 1.29 is 4.79 Å². The number of nitrogens with one attached hydrogen (secondary N) is 1. The van der Waals surface area contributed by atoms with Crippen molar-refractivity contribution in [2.24, 2.45) is 0 Å². The predicted octanol–water partition coefficient (Wildman–Crippen LogP) is 3.71. The van der Waals surface area contributed by atoms with Crippen LogP contribution in [0.4, 0.5) is 5.82 Å². The third kappa shape index (κ3) is 2.76. The van der Waals surface area contributed by atoms with Gasteiger partial charge in [-0.1, -0.05) is 12.1 Å². The Bertz CT molecular complexity index is 579. The number of benzene rings is 1. The van der Waals surface area contributed by atoms with E-state index < -0.39 is 0 Å². The van der Waals surface area contributed by atoms with E-state index in [1.807, 2.05) is 38.1 Å². The minimum atomic E-state index is -0.133. The van der Waals surface area contributed by atoms with Gasteiger partial charge < -0.3 is 5.32 Å². The smallest absolute Gasteiger partial charge is 0.257 e. The number of nitrogens with zero attached hydrogens (tertiary/aromatic N) is 1. The number of carbonyl (C=O) groups excluding carboxylic acids is 1. The second-order valence-corrected chi connectivity index (χ2v) is 4.98. The zero-order valence-electron chi connectivity index (χ0n) is 10.2. The number of carbonyl (C=O) groups is 1. The van der Waals surface area contributed by atoms with Crippen molar-refractivity contribution in [1.29, 1.82) is 0 Å². The molecule has 4 heteroatoms. The van der Waals surface area contributed by atoms with Crippen molar-refractivity contribution >= 4 is 27.7 Å². The molecule has 1 aromatic heterocycles. The third-order valence-corrected chi connectivity index (χ3v) is 3.29. The van der Waals surface area contributed by atoms with Crippen LogP contribution in [0, 0.1) is 13.8 Å². The molecule has 2 rings (SSSR count). The Labute approximate surface area is 114 Å². The van der Waals surface area contributed by atoms with Gasteiger partial charge in [0.15, 0.2) is 0 Å². The molecule has 0 spiro atoms. The number of pyridine rings is 1. The molecule has 0 atom stereocenters. The fourth-order valence-electron chi connectivity index (χ4n) is 1.63. The highest BCUT2D eigenvalue weighted by Crippen LogP contribution is 2.15. The molecule has 0 unspecified atom stereocenters. The van der Waals surface area contributed by atoms with Crippen molar-refractivity contribution in [3.63, 3.8) is 0 Å². The number of hydrogen-bond donors (Lipinski definition) is 1. The quantitative estimate of drug-likeness (QED) is 0.919. The molecular weight excluding hydrogens is 292 g/mol. The summed E-state index contributed by atoms with van der Waals surface area (Å²) in [5, 5.41) is 2.78. The van der Waals surface area contributed by atoms with Crippen LogP contribution in [0.2, 0.25) is 0 Å². The van der Waals surface area contributed by atoms with Crippen molar-refractivity contribution in [2.75, 3.05) is 5.32 Å². The maximum atomic E-state index is 12.1. The molecule has 0 saturated heterocycles. The van der Waals surface area contributed by atoms with Crippen LogP contribution >= 0.6 is 15.9 Å². The van der Waals surface area contributed by atoms with Crippen LogP contribution in [-0.2, 0) is 0 Å². The van der Waals surface area contributed by atoms with Gasteiger partial charge in [0.25, 0.3) is 5.91 Å². The van der Waals surface area contributed by atoms with Crippen molar-refractivity contribution in [1.82, 2.24) is 4.98 Å². The molecule has 1 heterocycles. The average molecular weight is 305 g/mol. The summed E-state index contributed by atoms with van der Waals surface area (Å²) in [6.07, 6.45) is 1.65. The normalized spacial score (nSPS) is 10.2. The van der Waals surface area contributed by atoms with Crippen LogP contribution in [0.5, 0.6) is 0 Å². The van der Waals surface area contributed by atoms with Crippen LogP contribution in [0.25, 0.3) is 0 Å². The maximum absolute atomic E-state index is 12.1. The third-order valence-electron chi connectivity index (χ3n) is 2.82. The monoisotopic (exact) mass is 304 g/mol. The zero-order valence-corrected chi connectivity index (χ0v) is 11.8. The van der Waals surface area contributed by atoms with E-state index >= 15 is 0 Å². The molecule has 0 aliphatic carbocycles. The molecule has 1 N–H and O–H groups in total. The Hall–Kier alpha value is -1.68. The molecule has 0 bridgehead atoms. The Balaban J connectivity index is 2.22. The van der Waals surface area contributed by atoms with Gasteiger partial charge in [-0.15, -0.1) is 0 Å². The lowest BCUT2D eigenvalue weighted by Gasteiger charge is -2.08. The molecule has 18 heavy (non-hydrogen) atoms. The summed E-state index contributed by atoms with van der Waals surface area (Å²) in [4.78, 5) is 16.2. The van der Waals surface area contributed by atoms with Crippen LogP contribution in [0.1, 0.15) is 21.5 Å². The molecule has 3 nitrogen and oxygen atoms in total. The number of aromatic nitrogens is 1. The molecule has 0 aliphatic rings. The summed E-state index contributed by atoms with van der Waals surface area (Å²) in [6, 6.07) is 9.28. The number of rotatable bonds is 2. The van der Waals surface area contributed by atoms with E-state index in [4.69, 9.17) is 0 Å². The van der Waals surface area contributed by atoms with Crippen LogP contribution in [-0.4, -0.2) is 10.9 Å². The number of hydrogen-bond acceptors (Lipinski definition) is 2. The molecule has 0 saturated carbocycles. The van der Waals surface area contributed by atoms with Crippen LogP contribution in [0.15, 0.2) is 41.0 Å². The zero-order chi connectivity index (χ0) is 13.1. The number of aryl methyl sites for hydroxylation is 1. The molecule has 1 amide bonds. The van der Waals surface area contributed by atoms with Gasteiger partial charge >= 0.3 is 0 Å². The Morgan fingerprint density at radius 1 is 1.22 bits per heavy atom. The summed E-state index contributed by atoms with van der Waals surface area (Å²) in [6.45, 7) is 3.93. The van der Waals surface area contributed by atoms with Gasteiger partial charge in [0.1, 0.15) is 5.82 Å². The summed E-state index contributed by atoms with van der Waals surface area (Å²) < 4.78 is 0.882. The fourth-order valence-corrected chi connectivity index (χ4v) is 1.87.